The number of carbonyl (C=O) groups is 2. The standard InChI is InChI=1S/C25H25N3O3/c1-17-10-11-22-21(15-17)28(25(30)20-9-6-13-26-24(20)31-22)14-12-23(29)27-16-18(2)19-7-4-3-5-8-19/h3-11,13,15,18H,12,14,16H2,1-2H3,(H,27,29)/t18-/m0/s1. The highest BCUT2D eigenvalue weighted by Crippen LogP contribution is 2.38. The van der Waals surface area contributed by atoms with Crippen LogP contribution in [0.4, 0.5) is 5.69 Å². The van der Waals surface area contributed by atoms with Crippen LogP contribution in [0.25, 0.3) is 0 Å². The fourth-order valence-corrected chi connectivity index (χ4v) is 3.61. The maximum atomic E-state index is 13.2. The predicted octanol–water partition coefficient (Wildman–Crippen LogP) is 4.45. The van der Waals surface area contributed by atoms with Crippen molar-refractivity contribution in [3.05, 3.63) is 83.6 Å². The third-order valence-corrected chi connectivity index (χ3v) is 5.40. The van der Waals surface area contributed by atoms with Gasteiger partial charge < -0.3 is 15.0 Å². The molecule has 1 atom stereocenters. The number of hydrogen-bond donors (Lipinski definition) is 1. The quantitative estimate of drug-likeness (QED) is 0.646. The van der Waals surface area contributed by atoms with E-state index >= 15 is 0 Å². The first-order valence-corrected chi connectivity index (χ1v) is 10.4. The number of fused-ring (bicyclic) bond motifs is 2. The van der Waals surface area contributed by atoms with Crippen molar-refractivity contribution in [1.82, 2.24) is 10.3 Å². The summed E-state index contributed by atoms with van der Waals surface area (Å²) in [6.45, 7) is 4.83. The van der Waals surface area contributed by atoms with Gasteiger partial charge in [-0.1, -0.05) is 43.3 Å². The Morgan fingerprint density at radius 1 is 1.13 bits per heavy atom. The van der Waals surface area contributed by atoms with Crippen LogP contribution in [0, 0.1) is 6.92 Å². The number of aromatic nitrogens is 1. The Balaban J connectivity index is 1.47. The smallest absolute Gasteiger partial charge is 0.263 e. The number of amides is 2. The number of pyridine rings is 1. The number of nitrogens with one attached hydrogen (secondary N) is 1. The number of hydrogen-bond acceptors (Lipinski definition) is 4. The van der Waals surface area contributed by atoms with Gasteiger partial charge in [0.05, 0.1) is 5.69 Å². The van der Waals surface area contributed by atoms with E-state index in [1.807, 2.05) is 43.3 Å². The highest BCUT2D eigenvalue weighted by atomic mass is 16.5. The van der Waals surface area contributed by atoms with Crippen LogP contribution in [0.1, 0.15) is 40.7 Å². The maximum Gasteiger partial charge on any atom is 0.263 e. The fraction of sp³-hybridized carbons (Fsp3) is 0.240. The van der Waals surface area contributed by atoms with Crippen molar-refractivity contribution in [3.8, 4) is 11.6 Å². The summed E-state index contributed by atoms with van der Waals surface area (Å²) in [7, 11) is 0. The Hall–Kier alpha value is -3.67. The molecule has 1 aliphatic rings. The lowest BCUT2D eigenvalue weighted by atomic mass is 10.0. The second kappa shape index (κ2) is 9.00. The van der Waals surface area contributed by atoms with Crippen molar-refractivity contribution in [2.45, 2.75) is 26.2 Å². The summed E-state index contributed by atoms with van der Waals surface area (Å²) >= 11 is 0. The van der Waals surface area contributed by atoms with Gasteiger partial charge in [0.1, 0.15) is 5.56 Å². The first-order valence-electron chi connectivity index (χ1n) is 10.4. The molecule has 2 heterocycles. The van der Waals surface area contributed by atoms with E-state index in [9.17, 15) is 9.59 Å². The number of carbonyl (C=O) groups excluding carboxylic acids is 2. The molecule has 3 aromatic rings. The normalized spacial score (nSPS) is 13.5. The Morgan fingerprint density at radius 3 is 2.74 bits per heavy atom. The van der Waals surface area contributed by atoms with Crippen molar-refractivity contribution in [3.63, 3.8) is 0 Å². The molecule has 0 bridgehead atoms. The molecule has 4 rings (SSSR count). The number of rotatable bonds is 6. The third-order valence-electron chi connectivity index (χ3n) is 5.40. The van der Waals surface area contributed by atoms with Gasteiger partial charge in [0.25, 0.3) is 5.91 Å². The lowest BCUT2D eigenvalue weighted by molar-refractivity contribution is -0.120. The van der Waals surface area contributed by atoms with Crippen LogP contribution < -0.4 is 15.0 Å². The van der Waals surface area contributed by atoms with Gasteiger partial charge in [0.15, 0.2) is 5.75 Å². The molecule has 1 aliphatic heterocycles. The molecular weight excluding hydrogens is 390 g/mol. The molecular formula is C25H25N3O3. The van der Waals surface area contributed by atoms with E-state index < -0.39 is 0 Å². The van der Waals surface area contributed by atoms with E-state index in [0.29, 0.717) is 23.5 Å². The molecule has 1 aromatic heterocycles. The Morgan fingerprint density at radius 2 is 1.94 bits per heavy atom. The Labute approximate surface area is 181 Å². The highest BCUT2D eigenvalue weighted by Gasteiger charge is 2.29. The molecule has 31 heavy (non-hydrogen) atoms. The average molecular weight is 415 g/mol. The molecule has 2 amide bonds. The van der Waals surface area contributed by atoms with Crippen LogP contribution in [-0.4, -0.2) is 29.9 Å². The molecule has 0 radical (unpaired) electrons. The summed E-state index contributed by atoms with van der Waals surface area (Å²) in [4.78, 5) is 31.6. The minimum absolute atomic E-state index is 0.0960. The summed E-state index contributed by atoms with van der Waals surface area (Å²) in [6, 6.07) is 19.1. The van der Waals surface area contributed by atoms with Gasteiger partial charge in [-0.15, -0.1) is 0 Å². The summed E-state index contributed by atoms with van der Waals surface area (Å²) in [5.74, 6) is 0.717. The van der Waals surface area contributed by atoms with E-state index in [4.69, 9.17) is 4.74 Å². The van der Waals surface area contributed by atoms with Crippen LogP contribution >= 0.6 is 0 Å². The van der Waals surface area contributed by atoms with Gasteiger partial charge >= 0.3 is 0 Å². The van der Waals surface area contributed by atoms with Gasteiger partial charge in [-0.2, -0.15) is 0 Å². The molecule has 0 fully saturated rings. The highest BCUT2D eigenvalue weighted by molar-refractivity contribution is 6.09. The monoisotopic (exact) mass is 415 g/mol. The molecule has 2 aromatic carbocycles. The van der Waals surface area contributed by atoms with Crippen molar-refractivity contribution in [1.29, 1.82) is 0 Å². The fourth-order valence-electron chi connectivity index (χ4n) is 3.61. The van der Waals surface area contributed by atoms with Crippen LogP contribution in [-0.2, 0) is 4.79 Å². The number of aryl methyl sites for hydroxylation is 1. The van der Waals surface area contributed by atoms with Crippen LogP contribution in [0.2, 0.25) is 0 Å². The number of nitrogens with zero attached hydrogens (tertiary/aromatic N) is 2. The molecule has 1 N–H and O–H groups in total. The van der Waals surface area contributed by atoms with Crippen molar-refractivity contribution in [2.24, 2.45) is 0 Å². The van der Waals surface area contributed by atoms with E-state index in [0.717, 1.165) is 5.56 Å². The van der Waals surface area contributed by atoms with Crippen LogP contribution in [0.5, 0.6) is 11.6 Å². The van der Waals surface area contributed by atoms with Crippen LogP contribution in [0.3, 0.4) is 0 Å². The number of ether oxygens (including phenoxy) is 1. The second-order valence-corrected chi connectivity index (χ2v) is 7.75. The van der Waals surface area contributed by atoms with Crippen molar-refractivity contribution >= 4 is 17.5 Å². The lowest BCUT2D eigenvalue weighted by Gasteiger charge is -2.22. The van der Waals surface area contributed by atoms with E-state index in [1.165, 1.54) is 5.56 Å². The maximum absolute atomic E-state index is 13.2. The van der Waals surface area contributed by atoms with Crippen LogP contribution in [0.15, 0.2) is 66.9 Å². The zero-order valence-electron chi connectivity index (χ0n) is 17.7. The zero-order chi connectivity index (χ0) is 21.8. The molecule has 0 saturated carbocycles. The third kappa shape index (κ3) is 4.58. The summed E-state index contributed by atoms with van der Waals surface area (Å²) in [5, 5.41) is 2.98. The zero-order valence-corrected chi connectivity index (χ0v) is 17.7. The lowest BCUT2D eigenvalue weighted by Crippen LogP contribution is -2.35. The first kappa shape index (κ1) is 20.6. The summed E-state index contributed by atoms with van der Waals surface area (Å²) in [6.07, 6.45) is 1.78. The largest absolute Gasteiger partial charge is 0.436 e. The first-order chi connectivity index (χ1) is 15.0. The number of benzene rings is 2. The molecule has 0 aliphatic carbocycles. The minimum Gasteiger partial charge on any atom is -0.436 e. The second-order valence-electron chi connectivity index (χ2n) is 7.75. The van der Waals surface area contributed by atoms with Gasteiger partial charge in [0, 0.05) is 25.7 Å². The average Bonchev–Trinajstić information content (AvgIpc) is 2.90. The molecule has 6 nitrogen and oxygen atoms in total. The van der Waals surface area contributed by atoms with E-state index in [2.05, 4.69) is 29.4 Å². The van der Waals surface area contributed by atoms with Gasteiger partial charge in [-0.05, 0) is 48.2 Å². The molecule has 6 heteroatoms. The van der Waals surface area contributed by atoms with E-state index in [1.54, 1.807) is 23.2 Å². The summed E-state index contributed by atoms with van der Waals surface area (Å²) < 4.78 is 5.92. The predicted molar refractivity (Wildman–Crippen MR) is 120 cm³/mol. The Kier molecular flexibility index (Phi) is 5.98. The molecule has 0 unspecified atom stereocenters. The minimum atomic E-state index is -0.224. The Bertz CT molecular complexity index is 1100. The van der Waals surface area contributed by atoms with Gasteiger partial charge in [-0.25, -0.2) is 4.98 Å². The number of anilines is 1. The molecule has 158 valence electrons. The van der Waals surface area contributed by atoms with Crippen molar-refractivity contribution < 1.29 is 14.3 Å². The summed E-state index contributed by atoms with van der Waals surface area (Å²) in [5.41, 5.74) is 3.21. The topological polar surface area (TPSA) is 71.5 Å². The van der Waals surface area contributed by atoms with Gasteiger partial charge in [0.2, 0.25) is 11.8 Å². The SMILES string of the molecule is Cc1ccc2c(c1)N(CCC(=O)NC[C@H](C)c1ccccc1)C(=O)c1cccnc1O2. The van der Waals surface area contributed by atoms with Crippen molar-refractivity contribution in [2.75, 3.05) is 18.0 Å². The molecule has 0 saturated heterocycles. The molecule has 0 spiro atoms. The van der Waals surface area contributed by atoms with Gasteiger partial charge in [-0.3, -0.25) is 9.59 Å². The van der Waals surface area contributed by atoms with E-state index in [-0.39, 0.29) is 36.6 Å².